The number of hydrogen-bond donors (Lipinski definition) is 1. The highest BCUT2D eigenvalue weighted by molar-refractivity contribution is 5.14. The second-order valence-corrected chi connectivity index (χ2v) is 6.41. The standard InChI is InChI=1S/C18H29N/c1-2-16-10-6-12-18(14-16,15-19)13-7-11-17-8-4-3-5-9-17/h3-5,8-9,16H,2,6-7,10-15,19H2,1H3. The molecule has 0 aliphatic heterocycles. The monoisotopic (exact) mass is 259 g/mol. The maximum absolute atomic E-state index is 6.13. The van der Waals surface area contributed by atoms with Gasteiger partial charge in [-0.05, 0) is 55.5 Å². The Bertz CT molecular complexity index is 359. The highest BCUT2D eigenvalue weighted by atomic mass is 14.6. The summed E-state index contributed by atoms with van der Waals surface area (Å²) in [5.74, 6) is 0.925. The molecule has 0 heterocycles. The second kappa shape index (κ2) is 7.09. The normalized spacial score (nSPS) is 27.4. The Morgan fingerprint density at radius 2 is 2.05 bits per heavy atom. The minimum atomic E-state index is 0.452. The van der Waals surface area contributed by atoms with E-state index in [0.717, 1.165) is 12.5 Å². The Morgan fingerprint density at radius 1 is 1.26 bits per heavy atom. The van der Waals surface area contributed by atoms with Gasteiger partial charge < -0.3 is 5.73 Å². The lowest BCUT2D eigenvalue weighted by Gasteiger charge is -2.40. The van der Waals surface area contributed by atoms with E-state index in [4.69, 9.17) is 5.73 Å². The molecule has 0 aromatic heterocycles. The summed E-state index contributed by atoms with van der Waals surface area (Å²) in [6.45, 7) is 3.22. The van der Waals surface area contributed by atoms with Crippen LogP contribution >= 0.6 is 0 Å². The van der Waals surface area contributed by atoms with Gasteiger partial charge in [0.05, 0.1) is 0 Å². The molecule has 1 fully saturated rings. The molecule has 0 amide bonds. The predicted molar refractivity (Wildman–Crippen MR) is 83.1 cm³/mol. The molecule has 0 radical (unpaired) electrons. The zero-order valence-electron chi connectivity index (χ0n) is 12.4. The predicted octanol–water partition coefficient (Wildman–Crippen LogP) is 4.55. The summed E-state index contributed by atoms with van der Waals surface area (Å²) in [6, 6.07) is 10.9. The second-order valence-electron chi connectivity index (χ2n) is 6.41. The molecule has 2 atom stereocenters. The minimum absolute atomic E-state index is 0.452. The highest BCUT2D eigenvalue weighted by Gasteiger charge is 2.33. The van der Waals surface area contributed by atoms with Gasteiger partial charge in [-0.1, -0.05) is 56.5 Å². The molecule has 1 aromatic carbocycles. The van der Waals surface area contributed by atoms with E-state index in [1.165, 1.54) is 56.9 Å². The number of rotatable bonds is 6. The van der Waals surface area contributed by atoms with Gasteiger partial charge in [0.15, 0.2) is 0 Å². The van der Waals surface area contributed by atoms with Gasteiger partial charge in [-0.2, -0.15) is 0 Å². The maximum Gasteiger partial charge on any atom is -0.00204 e. The fourth-order valence-electron chi connectivity index (χ4n) is 3.76. The summed E-state index contributed by atoms with van der Waals surface area (Å²) in [5, 5.41) is 0. The quantitative estimate of drug-likeness (QED) is 0.796. The van der Waals surface area contributed by atoms with Crippen LogP contribution in [0.25, 0.3) is 0 Å². The van der Waals surface area contributed by atoms with Gasteiger partial charge in [0.2, 0.25) is 0 Å². The van der Waals surface area contributed by atoms with Crippen molar-refractivity contribution in [1.29, 1.82) is 0 Å². The molecule has 0 bridgehead atoms. The maximum atomic E-state index is 6.13. The van der Waals surface area contributed by atoms with Crippen LogP contribution < -0.4 is 5.73 Å². The van der Waals surface area contributed by atoms with Crippen molar-refractivity contribution in [3.8, 4) is 0 Å². The molecule has 2 N–H and O–H groups in total. The van der Waals surface area contributed by atoms with Crippen molar-refractivity contribution in [2.75, 3.05) is 6.54 Å². The van der Waals surface area contributed by atoms with E-state index in [1.807, 2.05) is 0 Å². The molecule has 1 saturated carbocycles. The lowest BCUT2D eigenvalue weighted by molar-refractivity contribution is 0.128. The van der Waals surface area contributed by atoms with Crippen LogP contribution in [0.2, 0.25) is 0 Å². The Labute approximate surface area is 118 Å². The number of benzene rings is 1. The van der Waals surface area contributed by atoms with E-state index in [1.54, 1.807) is 0 Å². The van der Waals surface area contributed by atoms with E-state index in [-0.39, 0.29) is 0 Å². The largest absolute Gasteiger partial charge is 0.330 e. The van der Waals surface area contributed by atoms with Gasteiger partial charge in [0.25, 0.3) is 0 Å². The van der Waals surface area contributed by atoms with E-state index < -0.39 is 0 Å². The molecule has 2 unspecified atom stereocenters. The third kappa shape index (κ3) is 4.07. The Morgan fingerprint density at radius 3 is 2.74 bits per heavy atom. The topological polar surface area (TPSA) is 26.0 Å². The van der Waals surface area contributed by atoms with Gasteiger partial charge in [-0.25, -0.2) is 0 Å². The van der Waals surface area contributed by atoms with E-state index in [0.29, 0.717) is 5.41 Å². The zero-order valence-corrected chi connectivity index (χ0v) is 12.4. The van der Waals surface area contributed by atoms with Crippen molar-refractivity contribution >= 4 is 0 Å². The molecular weight excluding hydrogens is 230 g/mol. The van der Waals surface area contributed by atoms with Crippen LogP contribution in [0.4, 0.5) is 0 Å². The van der Waals surface area contributed by atoms with Crippen LogP contribution in [0.5, 0.6) is 0 Å². The van der Waals surface area contributed by atoms with Crippen LogP contribution in [-0.2, 0) is 6.42 Å². The Balaban J connectivity index is 1.85. The summed E-state index contributed by atoms with van der Waals surface area (Å²) < 4.78 is 0. The van der Waals surface area contributed by atoms with Crippen molar-refractivity contribution in [2.45, 2.75) is 58.3 Å². The first-order valence-electron chi connectivity index (χ1n) is 8.02. The summed E-state index contributed by atoms with van der Waals surface area (Å²) in [5.41, 5.74) is 8.06. The third-order valence-corrected chi connectivity index (χ3v) is 5.07. The SMILES string of the molecule is CCC1CCCC(CN)(CCCc2ccccc2)C1. The van der Waals surface area contributed by atoms with Crippen LogP contribution in [0.15, 0.2) is 30.3 Å². The lowest BCUT2D eigenvalue weighted by atomic mass is 9.66. The molecule has 0 spiro atoms. The van der Waals surface area contributed by atoms with Gasteiger partial charge in [-0.15, -0.1) is 0 Å². The van der Waals surface area contributed by atoms with E-state index >= 15 is 0 Å². The van der Waals surface area contributed by atoms with Crippen molar-refractivity contribution in [3.05, 3.63) is 35.9 Å². The summed E-state index contributed by atoms with van der Waals surface area (Å²) in [7, 11) is 0. The number of hydrogen-bond acceptors (Lipinski definition) is 1. The van der Waals surface area contributed by atoms with Gasteiger partial charge in [0.1, 0.15) is 0 Å². The molecule has 1 aliphatic carbocycles. The number of aryl methyl sites for hydroxylation is 1. The molecule has 2 rings (SSSR count). The van der Waals surface area contributed by atoms with Gasteiger partial charge >= 0.3 is 0 Å². The first kappa shape index (κ1) is 14.6. The average Bonchev–Trinajstić information content (AvgIpc) is 2.48. The first-order valence-corrected chi connectivity index (χ1v) is 8.02. The van der Waals surface area contributed by atoms with Crippen LogP contribution in [0.1, 0.15) is 57.4 Å². The summed E-state index contributed by atoms with van der Waals surface area (Å²) in [4.78, 5) is 0. The summed E-state index contributed by atoms with van der Waals surface area (Å²) >= 11 is 0. The van der Waals surface area contributed by atoms with Crippen molar-refractivity contribution in [1.82, 2.24) is 0 Å². The Hall–Kier alpha value is -0.820. The third-order valence-electron chi connectivity index (χ3n) is 5.07. The van der Waals surface area contributed by atoms with Crippen molar-refractivity contribution in [3.63, 3.8) is 0 Å². The number of nitrogens with two attached hydrogens (primary N) is 1. The van der Waals surface area contributed by atoms with E-state index in [2.05, 4.69) is 37.3 Å². The molecular formula is C18H29N. The van der Waals surface area contributed by atoms with Crippen LogP contribution in [0.3, 0.4) is 0 Å². The molecule has 1 heteroatoms. The molecule has 19 heavy (non-hydrogen) atoms. The Kier molecular flexibility index (Phi) is 5.45. The molecule has 1 nitrogen and oxygen atoms in total. The highest BCUT2D eigenvalue weighted by Crippen LogP contribution is 2.43. The first-order chi connectivity index (χ1) is 9.28. The fourth-order valence-corrected chi connectivity index (χ4v) is 3.76. The van der Waals surface area contributed by atoms with Crippen LogP contribution in [0, 0.1) is 11.3 Å². The molecule has 1 aromatic rings. The van der Waals surface area contributed by atoms with Gasteiger partial charge in [0, 0.05) is 0 Å². The molecule has 1 aliphatic rings. The molecule has 106 valence electrons. The van der Waals surface area contributed by atoms with Crippen molar-refractivity contribution in [2.24, 2.45) is 17.1 Å². The average molecular weight is 259 g/mol. The minimum Gasteiger partial charge on any atom is -0.330 e. The van der Waals surface area contributed by atoms with Crippen molar-refractivity contribution < 1.29 is 0 Å². The smallest absolute Gasteiger partial charge is 0.00204 e. The lowest BCUT2D eigenvalue weighted by Crippen LogP contribution is -2.36. The summed E-state index contributed by atoms with van der Waals surface area (Å²) in [6.07, 6.45) is 10.7. The fraction of sp³-hybridized carbons (Fsp3) is 0.667. The molecule has 0 saturated heterocycles. The van der Waals surface area contributed by atoms with E-state index in [9.17, 15) is 0 Å². The van der Waals surface area contributed by atoms with Crippen LogP contribution in [-0.4, -0.2) is 6.54 Å². The van der Waals surface area contributed by atoms with Gasteiger partial charge in [-0.3, -0.25) is 0 Å². The zero-order chi connectivity index (χ0) is 13.6.